The summed E-state index contributed by atoms with van der Waals surface area (Å²) in [5.74, 6) is 0.683. The van der Waals surface area contributed by atoms with E-state index in [4.69, 9.17) is 5.73 Å². The Hall–Kier alpha value is -1.06. The first-order valence-electron chi connectivity index (χ1n) is 4.66. The van der Waals surface area contributed by atoms with Crippen LogP contribution >= 0.6 is 0 Å². The van der Waals surface area contributed by atoms with Crippen LogP contribution in [-0.4, -0.2) is 36.3 Å². The average molecular weight is 185 g/mol. The van der Waals surface area contributed by atoms with E-state index < -0.39 is 0 Å². The molecule has 0 aromatic rings. The van der Waals surface area contributed by atoms with Crippen LogP contribution in [0.2, 0.25) is 0 Å². The standard InChI is InChI=1S/C9H19N3O/c1-4-12(5-2)9(13)6-7-11-8(3)10/h4-7H2,1-3H3,(H2,10,11). The van der Waals surface area contributed by atoms with Gasteiger partial charge in [-0.1, -0.05) is 0 Å². The summed E-state index contributed by atoms with van der Waals surface area (Å²) in [5.41, 5.74) is 5.34. The number of nitrogens with two attached hydrogens (primary N) is 1. The van der Waals surface area contributed by atoms with Crippen LogP contribution in [0.4, 0.5) is 0 Å². The Balaban J connectivity index is 3.79. The highest BCUT2D eigenvalue weighted by atomic mass is 16.2. The lowest BCUT2D eigenvalue weighted by atomic mass is 10.3. The van der Waals surface area contributed by atoms with Crippen molar-refractivity contribution in [2.24, 2.45) is 10.7 Å². The maximum Gasteiger partial charge on any atom is 0.224 e. The Morgan fingerprint density at radius 3 is 2.31 bits per heavy atom. The normalized spacial score (nSPS) is 11.5. The summed E-state index contributed by atoms with van der Waals surface area (Å²) in [5, 5.41) is 0. The van der Waals surface area contributed by atoms with Crippen LogP contribution in [0, 0.1) is 0 Å². The van der Waals surface area contributed by atoms with Crippen molar-refractivity contribution in [1.82, 2.24) is 4.90 Å². The Labute approximate surface area is 79.8 Å². The predicted molar refractivity (Wildman–Crippen MR) is 54.7 cm³/mol. The van der Waals surface area contributed by atoms with Crippen molar-refractivity contribution in [3.05, 3.63) is 0 Å². The number of aliphatic imine (C=N–C) groups is 1. The molecule has 0 rings (SSSR count). The summed E-state index contributed by atoms with van der Waals surface area (Å²) in [6, 6.07) is 0. The van der Waals surface area contributed by atoms with E-state index in [1.807, 2.05) is 13.8 Å². The van der Waals surface area contributed by atoms with Gasteiger partial charge in [-0.2, -0.15) is 0 Å². The average Bonchev–Trinajstić information content (AvgIpc) is 2.05. The molecule has 1 amide bonds. The van der Waals surface area contributed by atoms with Crippen molar-refractivity contribution in [1.29, 1.82) is 0 Å². The van der Waals surface area contributed by atoms with E-state index in [0.717, 1.165) is 13.1 Å². The smallest absolute Gasteiger partial charge is 0.224 e. The van der Waals surface area contributed by atoms with E-state index in [0.29, 0.717) is 18.8 Å². The van der Waals surface area contributed by atoms with Gasteiger partial charge in [0.25, 0.3) is 0 Å². The molecule has 0 heterocycles. The molecule has 76 valence electrons. The van der Waals surface area contributed by atoms with Gasteiger partial charge in [0.1, 0.15) is 0 Å². The van der Waals surface area contributed by atoms with Crippen molar-refractivity contribution in [2.75, 3.05) is 19.6 Å². The minimum Gasteiger partial charge on any atom is -0.388 e. The first-order valence-corrected chi connectivity index (χ1v) is 4.66. The largest absolute Gasteiger partial charge is 0.388 e. The molecular weight excluding hydrogens is 166 g/mol. The number of amides is 1. The van der Waals surface area contributed by atoms with Gasteiger partial charge >= 0.3 is 0 Å². The first kappa shape index (κ1) is 11.9. The van der Waals surface area contributed by atoms with E-state index in [-0.39, 0.29) is 5.91 Å². The molecule has 0 aliphatic rings. The van der Waals surface area contributed by atoms with Gasteiger partial charge in [0, 0.05) is 26.1 Å². The number of rotatable bonds is 5. The summed E-state index contributed by atoms with van der Waals surface area (Å²) in [6.07, 6.45) is 0.455. The first-order chi connectivity index (χ1) is 6.11. The van der Waals surface area contributed by atoms with E-state index in [2.05, 4.69) is 4.99 Å². The van der Waals surface area contributed by atoms with Crippen LogP contribution in [0.3, 0.4) is 0 Å². The quantitative estimate of drug-likeness (QED) is 0.504. The Bertz CT molecular complexity index is 181. The second-order valence-electron chi connectivity index (χ2n) is 2.84. The molecule has 0 aliphatic carbocycles. The molecule has 0 aliphatic heterocycles. The molecule has 0 unspecified atom stereocenters. The minimum absolute atomic E-state index is 0.148. The van der Waals surface area contributed by atoms with Crippen LogP contribution in [0.15, 0.2) is 4.99 Å². The number of carbonyl (C=O) groups excluding carboxylic acids is 1. The van der Waals surface area contributed by atoms with Gasteiger partial charge in [0.15, 0.2) is 0 Å². The predicted octanol–water partition coefficient (Wildman–Crippen LogP) is 0.622. The molecule has 0 fully saturated rings. The highest BCUT2D eigenvalue weighted by Gasteiger charge is 2.07. The third kappa shape index (κ3) is 5.22. The number of hydrogen-bond acceptors (Lipinski definition) is 2. The van der Waals surface area contributed by atoms with Crippen molar-refractivity contribution in [2.45, 2.75) is 27.2 Å². The highest BCUT2D eigenvalue weighted by molar-refractivity contribution is 5.79. The summed E-state index contributed by atoms with van der Waals surface area (Å²) < 4.78 is 0. The molecule has 4 nitrogen and oxygen atoms in total. The van der Waals surface area contributed by atoms with Crippen LogP contribution in [0.1, 0.15) is 27.2 Å². The van der Waals surface area contributed by atoms with Gasteiger partial charge in [0.05, 0.1) is 5.84 Å². The maximum atomic E-state index is 11.4. The second kappa shape index (κ2) is 6.46. The highest BCUT2D eigenvalue weighted by Crippen LogP contribution is 1.93. The Morgan fingerprint density at radius 1 is 1.38 bits per heavy atom. The zero-order chi connectivity index (χ0) is 10.3. The topological polar surface area (TPSA) is 58.7 Å². The van der Waals surface area contributed by atoms with Gasteiger partial charge in [-0.05, 0) is 20.8 Å². The fraction of sp³-hybridized carbons (Fsp3) is 0.778. The van der Waals surface area contributed by atoms with Gasteiger partial charge in [-0.3, -0.25) is 9.79 Å². The summed E-state index contributed by atoms with van der Waals surface area (Å²) in [6.45, 7) is 7.69. The van der Waals surface area contributed by atoms with Crippen LogP contribution < -0.4 is 5.73 Å². The monoisotopic (exact) mass is 185 g/mol. The van der Waals surface area contributed by atoms with Crippen molar-refractivity contribution in [3.8, 4) is 0 Å². The van der Waals surface area contributed by atoms with E-state index in [1.165, 1.54) is 0 Å². The Kier molecular flexibility index (Phi) is 5.93. The lowest BCUT2D eigenvalue weighted by Gasteiger charge is -2.17. The lowest BCUT2D eigenvalue weighted by molar-refractivity contribution is -0.130. The van der Waals surface area contributed by atoms with Crippen LogP contribution in [0.5, 0.6) is 0 Å². The summed E-state index contributed by atoms with van der Waals surface area (Å²) >= 11 is 0. The molecule has 0 spiro atoms. The van der Waals surface area contributed by atoms with E-state index in [1.54, 1.807) is 11.8 Å². The fourth-order valence-electron chi connectivity index (χ4n) is 1.06. The zero-order valence-electron chi connectivity index (χ0n) is 8.71. The molecule has 13 heavy (non-hydrogen) atoms. The fourth-order valence-corrected chi connectivity index (χ4v) is 1.06. The molecule has 0 aromatic carbocycles. The van der Waals surface area contributed by atoms with Crippen LogP contribution in [-0.2, 0) is 4.79 Å². The van der Waals surface area contributed by atoms with E-state index in [9.17, 15) is 4.79 Å². The molecule has 0 saturated carbocycles. The van der Waals surface area contributed by atoms with Gasteiger partial charge in [0.2, 0.25) is 5.91 Å². The summed E-state index contributed by atoms with van der Waals surface area (Å²) in [4.78, 5) is 17.2. The summed E-state index contributed by atoms with van der Waals surface area (Å²) in [7, 11) is 0. The van der Waals surface area contributed by atoms with Gasteiger partial charge in [-0.15, -0.1) is 0 Å². The molecule has 0 radical (unpaired) electrons. The molecule has 0 saturated heterocycles. The number of carbonyl (C=O) groups is 1. The molecule has 0 atom stereocenters. The zero-order valence-corrected chi connectivity index (χ0v) is 8.71. The third-order valence-corrected chi connectivity index (χ3v) is 1.80. The minimum atomic E-state index is 0.148. The maximum absolute atomic E-state index is 11.4. The van der Waals surface area contributed by atoms with Crippen molar-refractivity contribution < 1.29 is 4.79 Å². The molecular formula is C9H19N3O. The number of amidine groups is 1. The van der Waals surface area contributed by atoms with Crippen LogP contribution in [0.25, 0.3) is 0 Å². The third-order valence-electron chi connectivity index (χ3n) is 1.80. The SMILES string of the molecule is CCN(CC)C(=O)CCN=C(C)N. The number of hydrogen-bond donors (Lipinski definition) is 1. The van der Waals surface area contributed by atoms with Crippen molar-refractivity contribution in [3.63, 3.8) is 0 Å². The number of nitrogens with zero attached hydrogens (tertiary/aromatic N) is 2. The Morgan fingerprint density at radius 2 is 1.92 bits per heavy atom. The lowest BCUT2D eigenvalue weighted by Crippen LogP contribution is -2.30. The van der Waals surface area contributed by atoms with Gasteiger partial charge < -0.3 is 10.6 Å². The molecule has 4 heteroatoms. The van der Waals surface area contributed by atoms with Crippen molar-refractivity contribution >= 4 is 11.7 Å². The molecule has 0 bridgehead atoms. The van der Waals surface area contributed by atoms with Gasteiger partial charge in [-0.25, -0.2) is 0 Å². The molecule has 0 aromatic heterocycles. The van der Waals surface area contributed by atoms with E-state index >= 15 is 0 Å². The molecule has 2 N–H and O–H groups in total. The second-order valence-corrected chi connectivity index (χ2v) is 2.84.